The highest BCUT2D eigenvalue weighted by atomic mass is 16.5. The van der Waals surface area contributed by atoms with E-state index in [-0.39, 0.29) is 24.5 Å². The minimum absolute atomic E-state index is 0.0603. The smallest absolute Gasteiger partial charge is 0.271 e. The number of amides is 2. The van der Waals surface area contributed by atoms with E-state index in [4.69, 9.17) is 10.8 Å². The Labute approximate surface area is 142 Å². The standard InChI is InChI=1S/C15H19N5O5/c1-3-9(14(16)17-4-2)19-13(23)5-6-18-15(24)10-7-11(21)12(22)8-20(10)25/h3-4,7-8,22,25H,2,5-6H2,1H3,(H2,16,17)(H,18,24)(H,19,23)/b9-3+. The first-order valence-corrected chi connectivity index (χ1v) is 7.14. The molecule has 0 aliphatic heterocycles. The van der Waals surface area contributed by atoms with Crippen molar-refractivity contribution < 1.29 is 19.9 Å². The average molecular weight is 349 g/mol. The van der Waals surface area contributed by atoms with Crippen LogP contribution < -0.4 is 21.8 Å². The van der Waals surface area contributed by atoms with Gasteiger partial charge in [0.05, 0.1) is 11.9 Å². The maximum atomic E-state index is 11.9. The predicted molar refractivity (Wildman–Crippen MR) is 90.2 cm³/mol. The number of hydrogen-bond donors (Lipinski definition) is 5. The molecule has 0 bridgehead atoms. The van der Waals surface area contributed by atoms with Crippen LogP contribution in [0, 0.1) is 0 Å². The molecule has 25 heavy (non-hydrogen) atoms. The molecule has 2 amide bonds. The van der Waals surface area contributed by atoms with Crippen molar-refractivity contribution in [3.8, 4) is 5.75 Å². The molecule has 1 aromatic rings. The molecule has 6 N–H and O–H groups in total. The Morgan fingerprint density at radius 2 is 2.16 bits per heavy atom. The quantitative estimate of drug-likeness (QED) is 0.252. The highest BCUT2D eigenvalue weighted by Gasteiger charge is 2.14. The SMILES string of the molecule is C=CN=C(N)/C(=C\C)NC(=O)CCNC(=O)c1cc(=O)c(O)cn1O. The molecule has 0 aliphatic carbocycles. The maximum absolute atomic E-state index is 11.9. The molecule has 0 unspecified atom stereocenters. The van der Waals surface area contributed by atoms with Gasteiger partial charge in [0, 0.05) is 25.2 Å². The minimum Gasteiger partial charge on any atom is -0.503 e. The molecule has 10 heteroatoms. The van der Waals surface area contributed by atoms with Crippen molar-refractivity contribution in [2.24, 2.45) is 10.7 Å². The molecule has 0 radical (unpaired) electrons. The number of aromatic nitrogens is 1. The first kappa shape index (κ1) is 19.5. The molecule has 134 valence electrons. The molecule has 0 saturated carbocycles. The minimum atomic E-state index is -0.817. The predicted octanol–water partition coefficient (Wildman–Crippen LogP) is -0.568. The molecule has 0 aromatic carbocycles. The third kappa shape index (κ3) is 5.53. The number of carbonyl (C=O) groups is 2. The van der Waals surface area contributed by atoms with Gasteiger partial charge in [0.2, 0.25) is 11.3 Å². The lowest BCUT2D eigenvalue weighted by Crippen LogP contribution is -2.35. The summed E-state index contributed by atoms with van der Waals surface area (Å²) in [6.45, 7) is 5.00. The van der Waals surface area contributed by atoms with Gasteiger partial charge in [-0.2, -0.15) is 4.73 Å². The van der Waals surface area contributed by atoms with Crippen molar-refractivity contribution in [2.75, 3.05) is 6.54 Å². The van der Waals surface area contributed by atoms with E-state index in [2.05, 4.69) is 22.2 Å². The summed E-state index contributed by atoms with van der Waals surface area (Å²) in [6, 6.07) is 0.773. The molecular weight excluding hydrogens is 330 g/mol. The monoisotopic (exact) mass is 349 g/mol. The summed E-state index contributed by atoms with van der Waals surface area (Å²) in [6.07, 6.45) is 3.40. The van der Waals surface area contributed by atoms with Gasteiger partial charge in [-0.15, -0.1) is 0 Å². The van der Waals surface area contributed by atoms with E-state index < -0.39 is 23.0 Å². The van der Waals surface area contributed by atoms with E-state index in [0.717, 1.165) is 6.07 Å². The number of hydrogen-bond acceptors (Lipinski definition) is 6. The fourth-order valence-corrected chi connectivity index (χ4v) is 1.73. The molecule has 1 rings (SSSR count). The number of nitrogens with two attached hydrogens (primary N) is 1. The lowest BCUT2D eigenvalue weighted by Gasteiger charge is -2.10. The second-order valence-electron chi connectivity index (χ2n) is 4.71. The molecule has 0 spiro atoms. The molecule has 0 saturated heterocycles. The van der Waals surface area contributed by atoms with Crippen LogP contribution in [0.2, 0.25) is 0 Å². The van der Waals surface area contributed by atoms with Crippen LogP contribution in [0.1, 0.15) is 23.8 Å². The zero-order valence-electron chi connectivity index (χ0n) is 13.5. The van der Waals surface area contributed by atoms with Gasteiger partial charge < -0.3 is 26.7 Å². The molecule has 1 heterocycles. The normalized spacial score (nSPS) is 11.7. The fourth-order valence-electron chi connectivity index (χ4n) is 1.73. The number of nitrogens with one attached hydrogen (secondary N) is 2. The Kier molecular flexibility index (Phi) is 6.95. The van der Waals surface area contributed by atoms with E-state index in [1.165, 1.54) is 6.20 Å². The number of aromatic hydroxyl groups is 1. The first-order valence-electron chi connectivity index (χ1n) is 7.14. The van der Waals surface area contributed by atoms with Crippen LogP contribution in [0.5, 0.6) is 5.75 Å². The van der Waals surface area contributed by atoms with Crippen molar-refractivity contribution in [1.29, 1.82) is 0 Å². The highest BCUT2D eigenvalue weighted by Crippen LogP contribution is 2.02. The number of carbonyl (C=O) groups excluding carboxylic acids is 2. The number of rotatable bonds is 7. The highest BCUT2D eigenvalue weighted by molar-refractivity contribution is 6.00. The van der Waals surface area contributed by atoms with Gasteiger partial charge in [-0.05, 0) is 6.92 Å². The van der Waals surface area contributed by atoms with E-state index in [1.54, 1.807) is 13.0 Å². The van der Waals surface area contributed by atoms with Gasteiger partial charge in [0.25, 0.3) is 5.91 Å². The van der Waals surface area contributed by atoms with Crippen LogP contribution in [-0.4, -0.2) is 39.2 Å². The van der Waals surface area contributed by atoms with Crippen molar-refractivity contribution in [2.45, 2.75) is 13.3 Å². The summed E-state index contributed by atoms with van der Waals surface area (Å²) in [7, 11) is 0. The van der Waals surface area contributed by atoms with E-state index >= 15 is 0 Å². The van der Waals surface area contributed by atoms with E-state index in [1.807, 2.05) is 0 Å². The lowest BCUT2D eigenvalue weighted by molar-refractivity contribution is -0.120. The van der Waals surface area contributed by atoms with Gasteiger partial charge >= 0.3 is 0 Å². The van der Waals surface area contributed by atoms with Crippen LogP contribution in [0.3, 0.4) is 0 Å². The third-order valence-electron chi connectivity index (χ3n) is 2.95. The van der Waals surface area contributed by atoms with Crippen molar-refractivity contribution >= 4 is 17.6 Å². The summed E-state index contributed by atoms with van der Waals surface area (Å²) in [5.41, 5.74) is 4.74. The van der Waals surface area contributed by atoms with Crippen molar-refractivity contribution in [3.63, 3.8) is 0 Å². The Hall–Kier alpha value is -3.56. The molecule has 0 fully saturated rings. The summed E-state index contributed by atoms with van der Waals surface area (Å²) in [5, 5.41) is 23.5. The summed E-state index contributed by atoms with van der Waals surface area (Å²) in [4.78, 5) is 38.7. The Morgan fingerprint density at radius 3 is 2.76 bits per heavy atom. The van der Waals surface area contributed by atoms with Crippen molar-refractivity contribution in [3.05, 3.63) is 52.7 Å². The number of pyridine rings is 1. The number of nitrogens with zero attached hydrogens (tertiary/aromatic N) is 2. The molecule has 10 nitrogen and oxygen atoms in total. The molecule has 0 atom stereocenters. The lowest BCUT2D eigenvalue weighted by atomic mass is 10.3. The second kappa shape index (κ2) is 8.91. The van der Waals surface area contributed by atoms with Gasteiger partial charge in [-0.3, -0.25) is 14.4 Å². The van der Waals surface area contributed by atoms with Crippen LogP contribution in [0.15, 0.2) is 46.6 Å². The van der Waals surface area contributed by atoms with Gasteiger partial charge in [0.1, 0.15) is 11.5 Å². The van der Waals surface area contributed by atoms with Crippen LogP contribution in [-0.2, 0) is 4.79 Å². The summed E-state index contributed by atoms with van der Waals surface area (Å²) >= 11 is 0. The molecule has 1 aromatic heterocycles. The topological polar surface area (TPSA) is 159 Å². The van der Waals surface area contributed by atoms with Crippen molar-refractivity contribution in [1.82, 2.24) is 15.4 Å². The third-order valence-corrected chi connectivity index (χ3v) is 2.95. The largest absolute Gasteiger partial charge is 0.503 e. The number of amidine groups is 1. The van der Waals surface area contributed by atoms with Gasteiger partial charge in [0.15, 0.2) is 5.75 Å². The van der Waals surface area contributed by atoms with E-state index in [9.17, 15) is 19.6 Å². The number of aliphatic imine (C=N–C) groups is 1. The Balaban J connectivity index is 2.60. The zero-order valence-corrected chi connectivity index (χ0v) is 13.5. The number of allylic oxidation sites excluding steroid dienone is 1. The molecule has 0 aliphatic rings. The van der Waals surface area contributed by atoms with Gasteiger partial charge in [-0.25, -0.2) is 4.99 Å². The van der Waals surface area contributed by atoms with Crippen LogP contribution in [0.4, 0.5) is 0 Å². The average Bonchev–Trinajstić information content (AvgIpc) is 2.55. The summed E-state index contributed by atoms with van der Waals surface area (Å²) < 4.78 is 0.316. The van der Waals surface area contributed by atoms with Crippen LogP contribution >= 0.6 is 0 Å². The summed E-state index contributed by atoms with van der Waals surface area (Å²) in [5.74, 6) is -1.83. The first-order chi connectivity index (χ1) is 11.8. The van der Waals surface area contributed by atoms with Crippen LogP contribution in [0.25, 0.3) is 0 Å². The second-order valence-corrected chi connectivity index (χ2v) is 4.71. The Bertz CT molecular complexity index is 794. The Morgan fingerprint density at radius 1 is 1.48 bits per heavy atom. The zero-order chi connectivity index (χ0) is 19.0. The van der Waals surface area contributed by atoms with Gasteiger partial charge in [-0.1, -0.05) is 12.7 Å². The maximum Gasteiger partial charge on any atom is 0.271 e. The van der Waals surface area contributed by atoms with E-state index in [0.29, 0.717) is 16.6 Å². The fraction of sp³-hybridized carbons (Fsp3) is 0.200. The molecular formula is C15H19N5O5.